The molecule has 1 unspecified atom stereocenters. The van der Waals surface area contributed by atoms with Crippen LogP contribution < -0.4 is 0 Å². The number of hydrogen-bond donors (Lipinski definition) is 0. The Labute approximate surface area is 90.1 Å². The molecule has 0 spiro atoms. The highest BCUT2D eigenvalue weighted by atomic mass is 16.2. The molecule has 1 aliphatic heterocycles. The van der Waals surface area contributed by atoms with E-state index in [9.17, 15) is 4.79 Å². The van der Waals surface area contributed by atoms with Gasteiger partial charge >= 0.3 is 0 Å². The summed E-state index contributed by atoms with van der Waals surface area (Å²) in [6.07, 6.45) is 6.81. The number of rotatable bonds is 1. The van der Waals surface area contributed by atoms with Crippen molar-refractivity contribution in [2.75, 3.05) is 6.54 Å². The normalized spacial score (nSPS) is 21.4. The van der Waals surface area contributed by atoms with E-state index >= 15 is 0 Å². The molecule has 1 aromatic heterocycles. The first-order chi connectivity index (χ1) is 7.29. The summed E-state index contributed by atoms with van der Waals surface area (Å²) in [6.45, 7) is 3.00. The van der Waals surface area contributed by atoms with E-state index in [0.717, 1.165) is 19.4 Å². The van der Waals surface area contributed by atoms with E-state index < -0.39 is 0 Å². The van der Waals surface area contributed by atoms with E-state index in [1.807, 2.05) is 17.0 Å². The quantitative estimate of drug-likeness (QED) is 0.701. The van der Waals surface area contributed by atoms with Crippen LogP contribution in [-0.2, 0) is 0 Å². The first kappa shape index (κ1) is 10.1. The Morgan fingerprint density at radius 1 is 1.53 bits per heavy atom. The van der Waals surface area contributed by atoms with Gasteiger partial charge in [0.05, 0.1) is 5.56 Å². The first-order valence-corrected chi connectivity index (χ1v) is 5.50. The number of likely N-dealkylation sites (tertiary alicyclic amines) is 1. The molecule has 0 aliphatic carbocycles. The zero-order valence-electron chi connectivity index (χ0n) is 9.02. The van der Waals surface area contributed by atoms with Crippen LogP contribution in [-0.4, -0.2) is 28.4 Å². The lowest BCUT2D eigenvalue weighted by atomic mass is 10.0. The van der Waals surface area contributed by atoms with Gasteiger partial charge in [0.15, 0.2) is 0 Å². The second-order valence-electron chi connectivity index (χ2n) is 4.09. The first-order valence-electron chi connectivity index (χ1n) is 5.50. The molecule has 0 aromatic carbocycles. The number of pyridine rings is 1. The van der Waals surface area contributed by atoms with Crippen molar-refractivity contribution in [1.29, 1.82) is 0 Å². The van der Waals surface area contributed by atoms with Crippen molar-refractivity contribution in [2.45, 2.75) is 32.2 Å². The lowest BCUT2D eigenvalue weighted by Crippen LogP contribution is -2.42. The van der Waals surface area contributed by atoms with E-state index in [2.05, 4.69) is 11.9 Å². The number of amides is 1. The molecular formula is C12H16N2O. The molecule has 0 bridgehead atoms. The number of aromatic nitrogens is 1. The minimum atomic E-state index is 0.121. The molecule has 15 heavy (non-hydrogen) atoms. The molecule has 1 aromatic rings. The Hall–Kier alpha value is -1.38. The van der Waals surface area contributed by atoms with Gasteiger partial charge in [-0.25, -0.2) is 0 Å². The molecule has 1 aliphatic rings. The van der Waals surface area contributed by atoms with Crippen LogP contribution in [0.2, 0.25) is 0 Å². The van der Waals surface area contributed by atoms with Crippen molar-refractivity contribution >= 4 is 5.91 Å². The molecular weight excluding hydrogens is 188 g/mol. The van der Waals surface area contributed by atoms with Gasteiger partial charge in [-0.3, -0.25) is 9.78 Å². The topological polar surface area (TPSA) is 33.2 Å². The molecule has 0 saturated carbocycles. The van der Waals surface area contributed by atoms with E-state index in [0.29, 0.717) is 11.6 Å². The fourth-order valence-corrected chi connectivity index (χ4v) is 2.05. The van der Waals surface area contributed by atoms with E-state index in [1.54, 1.807) is 12.4 Å². The average Bonchev–Trinajstić information content (AvgIpc) is 2.30. The van der Waals surface area contributed by atoms with Gasteiger partial charge in [-0.1, -0.05) is 0 Å². The fourth-order valence-electron chi connectivity index (χ4n) is 2.05. The van der Waals surface area contributed by atoms with Gasteiger partial charge in [-0.2, -0.15) is 0 Å². The molecule has 2 rings (SSSR count). The lowest BCUT2D eigenvalue weighted by molar-refractivity contribution is 0.0635. The van der Waals surface area contributed by atoms with Crippen LogP contribution in [0.3, 0.4) is 0 Å². The number of nitrogens with zero attached hydrogens (tertiary/aromatic N) is 2. The lowest BCUT2D eigenvalue weighted by Gasteiger charge is -2.33. The Morgan fingerprint density at radius 2 is 2.40 bits per heavy atom. The fraction of sp³-hybridized carbons (Fsp3) is 0.500. The zero-order chi connectivity index (χ0) is 10.7. The summed E-state index contributed by atoms with van der Waals surface area (Å²) in [7, 11) is 0. The van der Waals surface area contributed by atoms with E-state index in [-0.39, 0.29) is 5.91 Å². The molecule has 2 heterocycles. The Bertz CT molecular complexity index is 337. The van der Waals surface area contributed by atoms with Crippen molar-refractivity contribution in [3.63, 3.8) is 0 Å². The van der Waals surface area contributed by atoms with Gasteiger partial charge in [-0.15, -0.1) is 0 Å². The molecule has 1 saturated heterocycles. The van der Waals surface area contributed by atoms with Gasteiger partial charge in [0.2, 0.25) is 0 Å². The Morgan fingerprint density at radius 3 is 3.07 bits per heavy atom. The maximum Gasteiger partial charge on any atom is 0.255 e. The monoisotopic (exact) mass is 204 g/mol. The highest BCUT2D eigenvalue weighted by Crippen LogP contribution is 2.18. The van der Waals surface area contributed by atoms with Crippen LogP contribution in [0.4, 0.5) is 0 Å². The van der Waals surface area contributed by atoms with Crippen molar-refractivity contribution in [1.82, 2.24) is 9.88 Å². The summed E-state index contributed by atoms with van der Waals surface area (Å²) >= 11 is 0. The predicted octanol–water partition coefficient (Wildman–Crippen LogP) is 2.10. The standard InChI is InChI=1S/C12H16N2O/c1-10-5-2-3-8-14(10)12(15)11-6-4-7-13-9-11/h4,6-7,9-10H,2-3,5,8H2,1H3. The molecule has 1 atom stereocenters. The largest absolute Gasteiger partial charge is 0.336 e. The minimum Gasteiger partial charge on any atom is -0.336 e. The molecule has 1 amide bonds. The van der Waals surface area contributed by atoms with E-state index in [4.69, 9.17) is 0 Å². The van der Waals surface area contributed by atoms with E-state index in [1.165, 1.54) is 6.42 Å². The third kappa shape index (κ3) is 2.17. The van der Waals surface area contributed by atoms with Crippen molar-refractivity contribution in [3.8, 4) is 0 Å². The molecule has 1 fully saturated rings. The number of carbonyl (C=O) groups is 1. The van der Waals surface area contributed by atoms with Crippen LogP contribution in [0, 0.1) is 0 Å². The van der Waals surface area contributed by atoms with Crippen LogP contribution in [0.1, 0.15) is 36.5 Å². The average molecular weight is 204 g/mol. The highest BCUT2D eigenvalue weighted by molar-refractivity contribution is 5.94. The molecule has 3 nitrogen and oxygen atoms in total. The molecule has 3 heteroatoms. The zero-order valence-corrected chi connectivity index (χ0v) is 9.02. The smallest absolute Gasteiger partial charge is 0.255 e. The summed E-state index contributed by atoms with van der Waals surface area (Å²) in [6, 6.07) is 4.00. The molecule has 80 valence electrons. The summed E-state index contributed by atoms with van der Waals surface area (Å²) in [4.78, 5) is 18.0. The van der Waals surface area contributed by atoms with Gasteiger partial charge in [0.1, 0.15) is 0 Å². The second kappa shape index (κ2) is 4.43. The van der Waals surface area contributed by atoms with Crippen LogP contribution in [0.5, 0.6) is 0 Å². The van der Waals surface area contributed by atoms with Crippen molar-refractivity contribution in [3.05, 3.63) is 30.1 Å². The van der Waals surface area contributed by atoms with Gasteiger partial charge in [0, 0.05) is 25.0 Å². The van der Waals surface area contributed by atoms with Crippen LogP contribution in [0.15, 0.2) is 24.5 Å². The highest BCUT2D eigenvalue weighted by Gasteiger charge is 2.23. The minimum absolute atomic E-state index is 0.121. The second-order valence-corrected chi connectivity index (χ2v) is 4.09. The number of piperidine rings is 1. The summed E-state index contributed by atoms with van der Waals surface area (Å²) in [5.74, 6) is 0.121. The number of carbonyl (C=O) groups excluding carboxylic acids is 1. The van der Waals surface area contributed by atoms with Crippen LogP contribution in [0.25, 0.3) is 0 Å². The Balaban J connectivity index is 2.13. The maximum absolute atomic E-state index is 12.1. The third-order valence-electron chi connectivity index (χ3n) is 2.97. The predicted molar refractivity (Wildman–Crippen MR) is 58.6 cm³/mol. The SMILES string of the molecule is CC1CCCCN1C(=O)c1cccnc1. The van der Waals surface area contributed by atoms with Gasteiger partial charge in [0.25, 0.3) is 5.91 Å². The summed E-state index contributed by atoms with van der Waals surface area (Å²) in [5.41, 5.74) is 0.700. The number of hydrogen-bond acceptors (Lipinski definition) is 2. The molecule has 0 radical (unpaired) electrons. The molecule has 0 N–H and O–H groups in total. The van der Waals surface area contributed by atoms with Crippen molar-refractivity contribution in [2.24, 2.45) is 0 Å². The third-order valence-corrected chi connectivity index (χ3v) is 2.97. The summed E-state index contributed by atoms with van der Waals surface area (Å²) in [5, 5.41) is 0. The summed E-state index contributed by atoms with van der Waals surface area (Å²) < 4.78 is 0. The van der Waals surface area contributed by atoms with Crippen LogP contribution >= 0.6 is 0 Å². The van der Waals surface area contributed by atoms with Gasteiger partial charge in [-0.05, 0) is 38.3 Å². The van der Waals surface area contributed by atoms with Gasteiger partial charge < -0.3 is 4.90 Å². The maximum atomic E-state index is 12.1. The Kier molecular flexibility index (Phi) is 2.99. The van der Waals surface area contributed by atoms with Crippen molar-refractivity contribution < 1.29 is 4.79 Å².